The van der Waals surface area contributed by atoms with Crippen LogP contribution < -0.4 is 4.72 Å². The summed E-state index contributed by atoms with van der Waals surface area (Å²) in [5.41, 5.74) is -0.568. The van der Waals surface area contributed by atoms with Crippen LogP contribution in [0.1, 0.15) is 24.0 Å². The Balaban J connectivity index is 1.86. The zero-order valence-corrected chi connectivity index (χ0v) is 15.8. The van der Waals surface area contributed by atoms with E-state index in [1.165, 1.54) is 4.31 Å². The minimum Gasteiger partial charge on any atom is -0.215 e. The lowest BCUT2D eigenvalue weighted by Gasteiger charge is -2.30. The Morgan fingerprint density at radius 3 is 2.08 bits per heavy atom. The molecule has 1 heterocycles. The highest BCUT2D eigenvalue weighted by molar-refractivity contribution is 7.88. The van der Waals surface area contributed by atoms with Gasteiger partial charge in [-0.1, -0.05) is 12.1 Å². The number of sulfonamides is 2. The van der Waals surface area contributed by atoms with Crippen LogP contribution in [0.3, 0.4) is 0 Å². The van der Waals surface area contributed by atoms with Gasteiger partial charge in [-0.2, -0.15) is 13.2 Å². The van der Waals surface area contributed by atoms with E-state index in [-0.39, 0.29) is 18.0 Å². The molecular formula is C15H21F3N2O4S2. The Labute approximate surface area is 151 Å². The minimum absolute atomic E-state index is 0.0235. The molecule has 0 radical (unpaired) electrons. The highest BCUT2D eigenvalue weighted by Gasteiger charge is 2.30. The van der Waals surface area contributed by atoms with E-state index in [9.17, 15) is 30.0 Å². The lowest BCUT2D eigenvalue weighted by atomic mass is 9.99. The molecular weight excluding hydrogens is 393 g/mol. The summed E-state index contributed by atoms with van der Waals surface area (Å²) in [5, 5.41) is 0. The first kappa shape index (κ1) is 21.1. The van der Waals surface area contributed by atoms with Crippen molar-refractivity contribution in [1.29, 1.82) is 0 Å². The summed E-state index contributed by atoms with van der Waals surface area (Å²) < 4.78 is 88.5. The summed E-state index contributed by atoms with van der Waals surface area (Å²) in [4.78, 5) is 0. The van der Waals surface area contributed by atoms with Gasteiger partial charge in [0.1, 0.15) is 0 Å². The fourth-order valence-corrected chi connectivity index (χ4v) is 4.85. The van der Waals surface area contributed by atoms with E-state index in [0.717, 1.165) is 30.5 Å². The summed E-state index contributed by atoms with van der Waals surface area (Å²) in [6.07, 6.45) is -2.22. The Hall–Kier alpha value is -1.17. The second-order valence-corrected chi connectivity index (χ2v) is 10.2. The maximum Gasteiger partial charge on any atom is 0.416 e. The number of halogens is 3. The molecule has 11 heteroatoms. The van der Waals surface area contributed by atoms with E-state index < -0.39 is 37.5 Å². The van der Waals surface area contributed by atoms with E-state index in [1.807, 2.05) is 0 Å². The second kappa shape index (κ2) is 7.83. The fraction of sp³-hybridized carbons (Fsp3) is 0.600. The predicted molar refractivity (Wildman–Crippen MR) is 91.2 cm³/mol. The molecule has 148 valence electrons. The molecule has 0 atom stereocenters. The van der Waals surface area contributed by atoms with Crippen LogP contribution in [0.5, 0.6) is 0 Å². The SMILES string of the molecule is CS(=O)(=O)N1CCC(CNS(=O)(=O)Cc2ccc(C(F)(F)F)cc2)CC1. The molecule has 6 nitrogen and oxygen atoms in total. The molecule has 0 amide bonds. The Kier molecular flexibility index (Phi) is 6.36. The second-order valence-electron chi connectivity index (χ2n) is 6.41. The van der Waals surface area contributed by atoms with Gasteiger partial charge in [0.05, 0.1) is 17.6 Å². The monoisotopic (exact) mass is 414 g/mol. The number of alkyl halides is 3. The van der Waals surface area contributed by atoms with Crippen molar-refractivity contribution in [2.75, 3.05) is 25.9 Å². The van der Waals surface area contributed by atoms with Gasteiger partial charge in [-0.15, -0.1) is 0 Å². The molecule has 1 saturated heterocycles. The average molecular weight is 414 g/mol. The number of benzene rings is 1. The first-order valence-corrected chi connectivity index (χ1v) is 11.5. The van der Waals surface area contributed by atoms with Gasteiger partial charge >= 0.3 is 6.18 Å². The minimum atomic E-state index is -4.46. The van der Waals surface area contributed by atoms with Crippen molar-refractivity contribution in [3.05, 3.63) is 35.4 Å². The summed E-state index contributed by atoms with van der Waals surface area (Å²) in [6, 6.07) is 4.00. The topological polar surface area (TPSA) is 83.6 Å². The first-order chi connectivity index (χ1) is 11.9. The van der Waals surface area contributed by atoms with Crippen LogP contribution in [0, 0.1) is 5.92 Å². The van der Waals surface area contributed by atoms with Gasteiger partial charge in [0.2, 0.25) is 20.0 Å². The maximum absolute atomic E-state index is 12.5. The molecule has 1 aliphatic rings. The van der Waals surface area contributed by atoms with Crippen LogP contribution in [0.2, 0.25) is 0 Å². The van der Waals surface area contributed by atoms with Gasteiger partial charge in [-0.25, -0.2) is 25.9 Å². The Bertz CT molecular complexity index is 813. The molecule has 0 spiro atoms. The zero-order valence-electron chi connectivity index (χ0n) is 14.2. The number of hydrogen-bond acceptors (Lipinski definition) is 4. The van der Waals surface area contributed by atoms with Crippen molar-refractivity contribution in [2.24, 2.45) is 5.92 Å². The highest BCUT2D eigenvalue weighted by atomic mass is 32.2. The molecule has 2 rings (SSSR count). The molecule has 1 N–H and O–H groups in total. The van der Waals surface area contributed by atoms with Crippen molar-refractivity contribution in [3.63, 3.8) is 0 Å². The summed E-state index contributed by atoms with van der Waals surface area (Å²) in [6.45, 7) is 0.884. The van der Waals surface area contributed by atoms with Gasteiger partial charge in [0, 0.05) is 19.6 Å². The summed E-state index contributed by atoms with van der Waals surface area (Å²) in [5.74, 6) is -0.386. The van der Waals surface area contributed by atoms with E-state index in [0.29, 0.717) is 25.9 Å². The summed E-state index contributed by atoms with van der Waals surface area (Å²) in [7, 11) is -6.92. The maximum atomic E-state index is 12.5. The molecule has 1 fully saturated rings. The van der Waals surface area contributed by atoms with Crippen LogP contribution in [0.25, 0.3) is 0 Å². The number of hydrogen-bond donors (Lipinski definition) is 1. The molecule has 0 unspecified atom stereocenters. The molecule has 1 aromatic rings. The number of nitrogens with one attached hydrogen (secondary N) is 1. The molecule has 0 aromatic heterocycles. The van der Waals surface area contributed by atoms with Crippen LogP contribution in [0.4, 0.5) is 13.2 Å². The van der Waals surface area contributed by atoms with Crippen molar-refractivity contribution in [3.8, 4) is 0 Å². The molecule has 1 aromatic carbocycles. The first-order valence-electron chi connectivity index (χ1n) is 7.95. The predicted octanol–water partition coefficient (Wildman–Crippen LogP) is 1.80. The highest BCUT2D eigenvalue weighted by Crippen LogP contribution is 2.29. The Morgan fingerprint density at radius 1 is 1.08 bits per heavy atom. The van der Waals surface area contributed by atoms with E-state index in [2.05, 4.69) is 4.72 Å². The van der Waals surface area contributed by atoms with Crippen molar-refractivity contribution in [1.82, 2.24) is 9.03 Å². The van der Waals surface area contributed by atoms with E-state index >= 15 is 0 Å². The molecule has 1 aliphatic heterocycles. The normalized spacial score (nSPS) is 18.2. The molecule has 0 aliphatic carbocycles. The lowest BCUT2D eigenvalue weighted by molar-refractivity contribution is -0.137. The van der Waals surface area contributed by atoms with Gasteiger partial charge in [0.25, 0.3) is 0 Å². The third-order valence-corrected chi connectivity index (χ3v) is 6.90. The van der Waals surface area contributed by atoms with Crippen molar-refractivity contribution in [2.45, 2.75) is 24.8 Å². The van der Waals surface area contributed by atoms with Gasteiger partial charge in [-0.3, -0.25) is 0 Å². The third-order valence-electron chi connectivity index (χ3n) is 4.27. The lowest BCUT2D eigenvalue weighted by Crippen LogP contribution is -2.41. The average Bonchev–Trinajstić information content (AvgIpc) is 2.52. The standard InChI is InChI=1S/C15H21F3N2O4S2/c1-25(21,22)20-8-6-12(7-9-20)10-19-26(23,24)11-13-2-4-14(5-3-13)15(16,17)18/h2-5,12,19H,6-11H2,1H3. The van der Waals surface area contributed by atoms with Crippen molar-refractivity contribution < 1.29 is 30.0 Å². The largest absolute Gasteiger partial charge is 0.416 e. The van der Waals surface area contributed by atoms with Gasteiger partial charge in [-0.05, 0) is 36.5 Å². The molecule has 0 bridgehead atoms. The van der Waals surface area contributed by atoms with Gasteiger partial charge < -0.3 is 0 Å². The quantitative estimate of drug-likeness (QED) is 0.769. The number of rotatable bonds is 6. The van der Waals surface area contributed by atoms with Crippen LogP contribution in [0.15, 0.2) is 24.3 Å². The van der Waals surface area contributed by atoms with Crippen LogP contribution in [-0.2, 0) is 32.0 Å². The smallest absolute Gasteiger partial charge is 0.215 e. The van der Waals surface area contributed by atoms with Crippen LogP contribution in [-0.4, -0.2) is 47.0 Å². The number of piperidine rings is 1. The molecule has 0 saturated carbocycles. The van der Waals surface area contributed by atoms with Gasteiger partial charge in [0.15, 0.2) is 0 Å². The summed E-state index contributed by atoms with van der Waals surface area (Å²) >= 11 is 0. The van der Waals surface area contributed by atoms with Crippen LogP contribution >= 0.6 is 0 Å². The molecule has 26 heavy (non-hydrogen) atoms. The zero-order chi connectivity index (χ0) is 19.6. The fourth-order valence-electron chi connectivity index (χ4n) is 2.75. The van der Waals surface area contributed by atoms with E-state index in [1.54, 1.807) is 0 Å². The van der Waals surface area contributed by atoms with E-state index in [4.69, 9.17) is 0 Å². The van der Waals surface area contributed by atoms with Crippen molar-refractivity contribution >= 4 is 20.0 Å². The Morgan fingerprint density at radius 2 is 1.62 bits per heavy atom. The third kappa shape index (κ3) is 6.22. The number of nitrogens with zero attached hydrogens (tertiary/aromatic N) is 1.